The van der Waals surface area contributed by atoms with E-state index in [4.69, 9.17) is 4.74 Å². The zero-order valence-electron chi connectivity index (χ0n) is 14.1. The molecular formula is C18H25N3O3. The molecule has 1 aromatic carbocycles. The molecule has 2 aromatic rings. The number of para-hydroxylation sites is 1. The first-order chi connectivity index (χ1) is 11.7. The lowest BCUT2D eigenvalue weighted by Gasteiger charge is -2.28. The highest BCUT2D eigenvalue weighted by molar-refractivity contribution is 5.98. The largest absolute Gasteiger partial charge is 0.390 e. The molecule has 0 aliphatic carbocycles. The third-order valence-corrected chi connectivity index (χ3v) is 4.43. The van der Waals surface area contributed by atoms with Crippen LogP contribution < -0.4 is 5.32 Å². The predicted molar refractivity (Wildman–Crippen MR) is 93.2 cm³/mol. The second-order valence-corrected chi connectivity index (χ2v) is 6.11. The average molecular weight is 331 g/mol. The predicted octanol–water partition coefficient (Wildman–Crippen LogP) is 1.08. The average Bonchev–Trinajstić information content (AvgIpc) is 2.99. The summed E-state index contributed by atoms with van der Waals surface area (Å²) in [5.74, 6) is -0.144. The molecule has 1 atom stereocenters. The number of ether oxygens (including phenoxy) is 1. The summed E-state index contributed by atoms with van der Waals surface area (Å²) in [4.78, 5) is 14.7. The van der Waals surface area contributed by atoms with Gasteiger partial charge in [0.15, 0.2) is 0 Å². The van der Waals surface area contributed by atoms with Crippen LogP contribution in [0.25, 0.3) is 10.9 Å². The molecule has 2 N–H and O–H groups in total. The van der Waals surface area contributed by atoms with Gasteiger partial charge >= 0.3 is 0 Å². The van der Waals surface area contributed by atoms with Gasteiger partial charge in [-0.15, -0.1) is 0 Å². The van der Waals surface area contributed by atoms with Gasteiger partial charge in [-0.05, 0) is 19.1 Å². The number of amides is 1. The van der Waals surface area contributed by atoms with E-state index in [1.807, 2.05) is 41.8 Å². The molecule has 6 heteroatoms. The molecule has 6 nitrogen and oxygen atoms in total. The smallest absolute Gasteiger partial charge is 0.268 e. The van der Waals surface area contributed by atoms with Crippen molar-refractivity contribution in [2.45, 2.75) is 19.6 Å². The maximum Gasteiger partial charge on any atom is 0.268 e. The van der Waals surface area contributed by atoms with Crippen molar-refractivity contribution < 1.29 is 14.6 Å². The number of aliphatic hydroxyl groups excluding tert-OH is 1. The van der Waals surface area contributed by atoms with Crippen LogP contribution in [0.15, 0.2) is 30.3 Å². The molecule has 1 unspecified atom stereocenters. The lowest BCUT2D eigenvalue weighted by molar-refractivity contribution is 0.0149. The van der Waals surface area contributed by atoms with Gasteiger partial charge in [-0.25, -0.2) is 0 Å². The first-order valence-electron chi connectivity index (χ1n) is 8.53. The first-order valence-corrected chi connectivity index (χ1v) is 8.53. The zero-order valence-corrected chi connectivity index (χ0v) is 14.1. The molecule has 3 rings (SSSR count). The first kappa shape index (κ1) is 17.0. The summed E-state index contributed by atoms with van der Waals surface area (Å²) in [6.07, 6.45) is -0.577. The number of carbonyl (C=O) groups excluding carboxylic acids is 1. The van der Waals surface area contributed by atoms with E-state index in [2.05, 4.69) is 10.2 Å². The van der Waals surface area contributed by atoms with Crippen LogP contribution in [-0.2, 0) is 11.3 Å². The number of aromatic nitrogens is 1. The fourth-order valence-corrected chi connectivity index (χ4v) is 3.19. The Morgan fingerprint density at radius 3 is 2.83 bits per heavy atom. The fourth-order valence-electron chi connectivity index (χ4n) is 3.19. The summed E-state index contributed by atoms with van der Waals surface area (Å²) in [7, 11) is 0. The Hall–Kier alpha value is -1.89. The molecule has 0 bridgehead atoms. The van der Waals surface area contributed by atoms with Gasteiger partial charge in [0.1, 0.15) is 5.69 Å². The molecule has 130 valence electrons. The number of nitrogens with one attached hydrogen (secondary N) is 1. The Kier molecular flexibility index (Phi) is 5.50. The van der Waals surface area contributed by atoms with Crippen LogP contribution in [0.5, 0.6) is 0 Å². The number of β-amino-alcohol motifs (C(OH)–C–C–N with tert-alkyl or cyclic N) is 1. The second-order valence-electron chi connectivity index (χ2n) is 6.11. The van der Waals surface area contributed by atoms with Gasteiger partial charge in [0.25, 0.3) is 5.91 Å². The SMILES string of the molecule is CCn1c(C(=O)NCC(O)CN2CCOCC2)cc2ccccc21. The van der Waals surface area contributed by atoms with E-state index in [-0.39, 0.29) is 12.5 Å². The van der Waals surface area contributed by atoms with Gasteiger partial charge in [-0.1, -0.05) is 18.2 Å². The van der Waals surface area contributed by atoms with E-state index in [1.54, 1.807) is 0 Å². The summed E-state index contributed by atoms with van der Waals surface area (Å²) in [6, 6.07) is 9.87. The van der Waals surface area contributed by atoms with Crippen LogP contribution >= 0.6 is 0 Å². The molecule has 0 spiro atoms. The topological polar surface area (TPSA) is 66.7 Å². The highest BCUT2D eigenvalue weighted by Crippen LogP contribution is 2.19. The summed E-state index contributed by atoms with van der Waals surface area (Å²) in [6.45, 7) is 6.63. The van der Waals surface area contributed by atoms with Crippen molar-refractivity contribution >= 4 is 16.8 Å². The Balaban J connectivity index is 1.60. The minimum absolute atomic E-state index is 0.144. The highest BCUT2D eigenvalue weighted by atomic mass is 16.5. The van der Waals surface area contributed by atoms with E-state index < -0.39 is 6.10 Å². The molecule has 1 aliphatic rings. The van der Waals surface area contributed by atoms with Gasteiger partial charge < -0.3 is 19.7 Å². The Labute approximate surface area is 142 Å². The number of rotatable bonds is 6. The van der Waals surface area contributed by atoms with E-state index in [0.29, 0.717) is 25.5 Å². The van der Waals surface area contributed by atoms with Crippen LogP contribution in [0.3, 0.4) is 0 Å². The van der Waals surface area contributed by atoms with Gasteiger partial charge in [-0.2, -0.15) is 0 Å². The number of carbonyl (C=O) groups is 1. The molecule has 0 radical (unpaired) electrons. The lowest BCUT2D eigenvalue weighted by Crippen LogP contribution is -2.44. The van der Waals surface area contributed by atoms with Gasteiger partial charge in [-0.3, -0.25) is 9.69 Å². The number of morpholine rings is 1. The summed E-state index contributed by atoms with van der Waals surface area (Å²) in [5.41, 5.74) is 1.69. The summed E-state index contributed by atoms with van der Waals surface area (Å²) >= 11 is 0. The minimum atomic E-state index is -0.577. The maximum absolute atomic E-state index is 12.5. The number of hydrogen-bond acceptors (Lipinski definition) is 4. The van der Waals surface area contributed by atoms with Crippen molar-refractivity contribution in [1.82, 2.24) is 14.8 Å². The van der Waals surface area contributed by atoms with Gasteiger partial charge in [0, 0.05) is 43.6 Å². The van der Waals surface area contributed by atoms with Crippen molar-refractivity contribution in [2.75, 3.05) is 39.4 Å². The molecule has 1 aromatic heterocycles. The Morgan fingerprint density at radius 2 is 2.08 bits per heavy atom. The van der Waals surface area contributed by atoms with Crippen LogP contribution in [0.1, 0.15) is 17.4 Å². The van der Waals surface area contributed by atoms with E-state index in [1.165, 1.54) is 0 Å². The third kappa shape index (κ3) is 3.77. The highest BCUT2D eigenvalue weighted by Gasteiger charge is 2.18. The second kappa shape index (κ2) is 7.79. The van der Waals surface area contributed by atoms with Crippen LogP contribution in [0.4, 0.5) is 0 Å². The monoisotopic (exact) mass is 331 g/mol. The fraction of sp³-hybridized carbons (Fsp3) is 0.500. The van der Waals surface area contributed by atoms with Crippen molar-refractivity contribution in [2.24, 2.45) is 0 Å². The van der Waals surface area contributed by atoms with Crippen LogP contribution in [0, 0.1) is 0 Å². The molecule has 1 aliphatic heterocycles. The Bertz CT molecular complexity index is 692. The number of benzene rings is 1. The number of aryl methyl sites for hydroxylation is 1. The van der Waals surface area contributed by atoms with E-state index in [9.17, 15) is 9.90 Å². The van der Waals surface area contributed by atoms with Crippen molar-refractivity contribution in [3.63, 3.8) is 0 Å². The number of fused-ring (bicyclic) bond motifs is 1. The molecule has 2 heterocycles. The zero-order chi connectivity index (χ0) is 16.9. The number of aliphatic hydroxyl groups is 1. The molecule has 0 saturated carbocycles. The minimum Gasteiger partial charge on any atom is -0.390 e. The third-order valence-electron chi connectivity index (χ3n) is 4.43. The van der Waals surface area contributed by atoms with Crippen molar-refractivity contribution in [3.8, 4) is 0 Å². The van der Waals surface area contributed by atoms with Gasteiger partial charge in [0.05, 0.1) is 19.3 Å². The standard InChI is InChI=1S/C18H25N3O3/c1-2-21-16-6-4-3-5-14(16)11-17(21)18(23)19-12-15(22)13-20-7-9-24-10-8-20/h3-6,11,15,22H,2,7-10,12-13H2,1H3,(H,19,23). The van der Waals surface area contributed by atoms with E-state index in [0.717, 1.165) is 30.5 Å². The van der Waals surface area contributed by atoms with Crippen molar-refractivity contribution in [3.05, 3.63) is 36.0 Å². The van der Waals surface area contributed by atoms with Crippen LogP contribution in [0.2, 0.25) is 0 Å². The molecule has 1 saturated heterocycles. The van der Waals surface area contributed by atoms with Gasteiger partial charge in [0.2, 0.25) is 0 Å². The molecule has 1 fully saturated rings. The summed E-state index contributed by atoms with van der Waals surface area (Å²) in [5, 5.41) is 14.1. The quantitative estimate of drug-likeness (QED) is 0.831. The molecule has 24 heavy (non-hydrogen) atoms. The van der Waals surface area contributed by atoms with Crippen LogP contribution in [-0.4, -0.2) is 66.0 Å². The van der Waals surface area contributed by atoms with Crippen molar-refractivity contribution in [1.29, 1.82) is 0 Å². The number of nitrogens with zero attached hydrogens (tertiary/aromatic N) is 2. The lowest BCUT2D eigenvalue weighted by atomic mass is 10.2. The molecule has 1 amide bonds. The maximum atomic E-state index is 12.5. The normalized spacial score (nSPS) is 17.1. The van der Waals surface area contributed by atoms with E-state index >= 15 is 0 Å². The Morgan fingerprint density at radius 1 is 1.33 bits per heavy atom. The number of hydrogen-bond donors (Lipinski definition) is 2. The summed E-state index contributed by atoms with van der Waals surface area (Å²) < 4.78 is 7.29. The molecular weight excluding hydrogens is 306 g/mol.